The Labute approximate surface area is 108 Å². The molecule has 4 heteroatoms. The van der Waals surface area contributed by atoms with E-state index in [1.165, 1.54) is 6.42 Å². The van der Waals surface area contributed by atoms with Crippen molar-refractivity contribution in [1.29, 1.82) is 0 Å². The topological polar surface area (TPSA) is 42.4 Å². The minimum Gasteiger partial charge on any atom is -0.381 e. The number of anilines is 1. The number of hydrogen-bond donors (Lipinski definition) is 0. The van der Waals surface area contributed by atoms with Crippen LogP contribution in [0.4, 0.5) is 5.82 Å². The molecule has 1 atom stereocenters. The van der Waals surface area contributed by atoms with Gasteiger partial charge in [-0.1, -0.05) is 0 Å². The van der Waals surface area contributed by atoms with Crippen LogP contribution in [0.5, 0.6) is 0 Å². The molecule has 1 fully saturated rings. The molecular formula is C14H20N2O2. The monoisotopic (exact) mass is 248 g/mol. The molecule has 1 aliphatic rings. The van der Waals surface area contributed by atoms with Gasteiger partial charge in [-0.05, 0) is 37.8 Å². The van der Waals surface area contributed by atoms with Gasteiger partial charge in [-0.2, -0.15) is 0 Å². The highest BCUT2D eigenvalue weighted by Crippen LogP contribution is 2.20. The molecule has 1 unspecified atom stereocenters. The van der Waals surface area contributed by atoms with Gasteiger partial charge in [-0.3, -0.25) is 4.79 Å². The van der Waals surface area contributed by atoms with Crippen LogP contribution in [0.1, 0.15) is 30.1 Å². The Morgan fingerprint density at radius 3 is 3.11 bits per heavy atom. The summed E-state index contributed by atoms with van der Waals surface area (Å²) in [5, 5.41) is 0. The van der Waals surface area contributed by atoms with Crippen molar-refractivity contribution >= 4 is 11.6 Å². The van der Waals surface area contributed by atoms with Crippen LogP contribution in [0, 0.1) is 5.92 Å². The Balaban J connectivity index is 2.08. The first-order valence-electron chi connectivity index (χ1n) is 6.43. The summed E-state index contributed by atoms with van der Waals surface area (Å²) in [4.78, 5) is 18.0. The molecule has 4 nitrogen and oxygen atoms in total. The average molecular weight is 248 g/mol. The smallest absolute Gasteiger partial charge is 0.163 e. The zero-order valence-corrected chi connectivity index (χ0v) is 11.1. The first-order valence-corrected chi connectivity index (χ1v) is 6.43. The van der Waals surface area contributed by atoms with Crippen LogP contribution in [-0.4, -0.2) is 37.6 Å². The van der Waals surface area contributed by atoms with Gasteiger partial charge >= 0.3 is 0 Å². The van der Waals surface area contributed by atoms with Crippen molar-refractivity contribution in [3.8, 4) is 0 Å². The van der Waals surface area contributed by atoms with Crippen LogP contribution in [0.15, 0.2) is 18.3 Å². The van der Waals surface area contributed by atoms with Crippen molar-refractivity contribution in [2.75, 3.05) is 31.7 Å². The Hall–Kier alpha value is -1.42. The third-order valence-corrected chi connectivity index (χ3v) is 3.31. The van der Waals surface area contributed by atoms with Crippen LogP contribution < -0.4 is 4.90 Å². The van der Waals surface area contributed by atoms with Crippen molar-refractivity contribution in [3.05, 3.63) is 23.9 Å². The molecule has 18 heavy (non-hydrogen) atoms. The van der Waals surface area contributed by atoms with Crippen LogP contribution in [0.3, 0.4) is 0 Å². The number of rotatable bonds is 4. The molecule has 98 valence electrons. The summed E-state index contributed by atoms with van der Waals surface area (Å²) in [7, 11) is 1.99. The Bertz CT molecular complexity index is 414. The molecule has 1 aromatic rings. The molecule has 0 saturated carbocycles. The zero-order chi connectivity index (χ0) is 13.0. The molecule has 1 aliphatic heterocycles. The number of ketones is 1. The van der Waals surface area contributed by atoms with Crippen molar-refractivity contribution in [3.63, 3.8) is 0 Å². The van der Waals surface area contributed by atoms with Crippen LogP contribution in [0.2, 0.25) is 0 Å². The van der Waals surface area contributed by atoms with Crippen LogP contribution in [0.25, 0.3) is 0 Å². The van der Waals surface area contributed by atoms with E-state index in [-0.39, 0.29) is 5.78 Å². The lowest BCUT2D eigenvalue weighted by Gasteiger charge is -2.28. The van der Waals surface area contributed by atoms with Gasteiger partial charge in [0.2, 0.25) is 0 Å². The van der Waals surface area contributed by atoms with Crippen molar-refractivity contribution < 1.29 is 9.53 Å². The summed E-state index contributed by atoms with van der Waals surface area (Å²) >= 11 is 0. The van der Waals surface area contributed by atoms with Gasteiger partial charge in [0.25, 0.3) is 0 Å². The van der Waals surface area contributed by atoms with Gasteiger partial charge in [-0.15, -0.1) is 0 Å². The molecule has 0 amide bonds. The number of carbonyl (C=O) groups is 1. The van der Waals surface area contributed by atoms with Gasteiger partial charge < -0.3 is 9.64 Å². The summed E-state index contributed by atoms with van der Waals surface area (Å²) in [6, 6.07) is 3.64. The summed E-state index contributed by atoms with van der Waals surface area (Å²) < 4.78 is 5.48. The maximum absolute atomic E-state index is 11.6. The highest BCUT2D eigenvalue weighted by molar-refractivity contribution is 5.98. The van der Waals surface area contributed by atoms with Crippen molar-refractivity contribution in [1.82, 2.24) is 4.98 Å². The molecule has 1 saturated heterocycles. The zero-order valence-electron chi connectivity index (χ0n) is 11.1. The van der Waals surface area contributed by atoms with Gasteiger partial charge in [0.05, 0.1) is 12.2 Å². The standard InChI is InChI=1S/C14H20N2O2/c1-11(17)13-6-3-7-15-14(13)16(2)9-12-5-4-8-18-10-12/h3,6-7,12H,4-5,8-10H2,1-2H3. The van der Waals surface area contributed by atoms with E-state index in [4.69, 9.17) is 4.74 Å². The van der Waals surface area contributed by atoms with E-state index in [2.05, 4.69) is 9.88 Å². The van der Waals surface area contributed by atoms with E-state index in [9.17, 15) is 4.79 Å². The van der Waals surface area contributed by atoms with Crippen molar-refractivity contribution in [2.45, 2.75) is 19.8 Å². The third-order valence-electron chi connectivity index (χ3n) is 3.31. The van der Waals surface area contributed by atoms with Gasteiger partial charge in [0.1, 0.15) is 5.82 Å². The number of pyridine rings is 1. The first-order chi connectivity index (χ1) is 8.68. The molecule has 0 bridgehead atoms. The Kier molecular flexibility index (Phi) is 4.31. The fourth-order valence-electron chi connectivity index (χ4n) is 2.40. The van der Waals surface area contributed by atoms with E-state index in [0.717, 1.165) is 32.0 Å². The summed E-state index contributed by atoms with van der Waals surface area (Å²) in [5.41, 5.74) is 0.691. The molecule has 1 aromatic heterocycles. The summed E-state index contributed by atoms with van der Waals surface area (Å²) in [6.45, 7) is 4.16. The van der Waals surface area contributed by atoms with E-state index in [1.54, 1.807) is 19.2 Å². The molecule has 0 radical (unpaired) electrons. The Morgan fingerprint density at radius 2 is 2.44 bits per heavy atom. The maximum atomic E-state index is 11.6. The second kappa shape index (κ2) is 5.96. The SMILES string of the molecule is CC(=O)c1cccnc1N(C)CC1CCCOC1. The molecule has 2 heterocycles. The minimum absolute atomic E-state index is 0.0600. The predicted molar refractivity (Wildman–Crippen MR) is 71.1 cm³/mol. The molecule has 0 spiro atoms. The molecule has 0 aromatic carbocycles. The van der Waals surface area contributed by atoms with Gasteiger partial charge in [0.15, 0.2) is 5.78 Å². The quantitative estimate of drug-likeness (QED) is 0.766. The largest absolute Gasteiger partial charge is 0.381 e. The highest BCUT2D eigenvalue weighted by atomic mass is 16.5. The number of carbonyl (C=O) groups excluding carboxylic acids is 1. The molecule has 0 N–H and O–H groups in total. The van der Waals surface area contributed by atoms with E-state index in [0.29, 0.717) is 11.5 Å². The molecule has 2 rings (SSSR count). The normalized spacial score (nSPS) is 19.6. The second-order valence-electron chi connectivity index (χ2n) is 4.89. The van der Waals surface area contributed by atoms with Gasteiger partial charge in [0, 0.05) is 26.4 Å². The second-order valence-corrected chi connectivity index (χ2v) is 4.89. The third kappa shape index (κ3) is 3.07. The Morgan fingerprint density at radius 1 is 1.61 bits per heavy atom. The number of hydrogen-bond acceptors (Lipinski definition) is 4. The van der Waals surface area contributed by atoms with Crippen LogP contribution >= 0.6 is 0 Å². The number of aromatic nitrogens is 1. The average Bonchev–Trinajstić information content (AvgIpc) is 2.40. The maximum Gasteiger partial charge on any atom is 0.163 e. The summed E-state index contributed by atoms with van der Waals surface area (Å²) in [6.07, 6.45) is 4.04. The fraction of sp³-hybridized carbons (Fsp3) is 0.571. The lowest BCUT2D eigenvalue weighted by molar-refractivity contribution is 0.0576. The van der Waals surface area contributed by atoms with Crippen molar-refractivity contribution in [2.24, 2.45) is 5.92 Å². The van der Waals surface area contributed by atoms with Gasteiger partial charge in [-0.25, -0.2) is 4.98 Å². The minimum atomic E-state index is 0.0600. The molecule has 0 aliphatic carbocycles. The van der Waals surface area contributed by atoms with E-state index < -0.39 is 0 Å². The number of Topliss-reactive ketones (excluding diaryl/α,β-unsaturated/α-hetero) is 1. The lowest BCUT2D eigenvalue weighted by atomic mass is 10.0. The number of nitrogens with zero attached hydrogens (tertiary/aromatic N) is 2. The van der Waals surface area contributed by atoms with Crippen LogP contribution in [-0.2, 0) is 4.74 Å². The van der Waals surface area contributed by atoms with E-state index >= 15 is 0 Å². The first kappa shape index (κ1) is 13.0. The lowest BCUT2D eigenvalue weighted by Crippen LogP contribution is -2.32. The molecular weight excluding hydrogens is 228 g/mol. The predicted octanol–water partition coefficient (Wildman–Crippen LogP) is 2.15. The highest BCUT2D eigenvalue weighted by Gasteiger charge is 2.19. The number of ether oxygens (including phenoxy) is 1. The summed E-state index contributed by atoms with van der Waals surface area (Å²) in [5.74, 6) is 1.37. The fourth-order valence-corrected chi connectivity index (χ4v) is 2.40. The van der Waals surface area contributed by atoms with E-state index in [1.807, 2.05) is 13.1 Å².